The molecule has 1 atom stereocenters. The van der Waals surface area contributed by atoms with Crippen LogP contribution in [0.3, 0.4) is 0 Å². The maximum absolute atomic E-state index is 13.0. The summed E-state index contributed by atoms with van der Waals surface area (Å²) in [4.78, 5) is 55.4. The molecular weight excluding hydrogens is 751 g/mol. The summed E-state index contributed by atoms with van der Waals surface area (Å²) in [6.07, 6.45) is 6.42. The van der Waals surface area contributed by atoms with Gasteiger partial charge in [-0.1, -0.05) is 0 Å². The first kappa shape index (κ1) is 37.7. The molecule has 3 aliphatic heterocycles. The number of aromatic amines is 1. The molecule has 2 aromatic carbocycles. The number of anilines is 4. The lowest BCUT2D eigenvalue weighted by Gasteiger charge is -2.49. The van der Waals surface area contributed by atoms with E-state index in [0.29, 0.717) is 53.6 Å². The van der Waals surface area contributed by atoms with E-state index in [-0.39, 0.29) is 37.4 Å². The number of nitriles is 1. The molecule has 3 aromatic heterocycles. The molecule has 18 nitrogen and oxygen atoms in total. The third-order valence-corrected chi connectivity index (χ3v) is 11.3. The lowest BCUT2D eigenvalue weighted by atomic mass is 9.89. The largest absolute Gasteiger partial charge is 0.760 e. The highest BCUT2D eigenvalue weighted by Crippen LogP contribution is 2.35. The van der Waals surface area contributed by atoms with Gasteiger partial charge in [0.2, 0.25) is 11.9 Å². The summed E-state index contributed by atoms with van der Waals surface area (Å²) in [6.45, 7) is 5.68. The number of urea groups is 1. The van der Waals surface area contributed by atoms with Crippen molar-refractivity contribution in [2.45, 2.75) is 24.8 Å². The van der Waals surface area contributed by atoms with Crippen LogP contribution < -0.4 is 25.8 Å². The second-order valence-corrected chi connectivity index (χ2v) is 15.2. The lowest BCUT2D eigenvalue weighted by molar-refractivity contribution is -0.120. The van der Waals surface area contributed by atoms with Gasteiger partial charge >= 0.3 is 6.03 Å². The van der Waals surface area contributed by atoms with Gasteiger partial charge in [0, 0.05) is 116 Å². The number of H-pyrrole nitrogens is 1. The van der Waals surface area contributed by atoms with Crippen molar-refractivity contribution < 1.29 is 23.1 Å². The summed E-state index contributed by atoms with van der Waals surface area (Å²) in [7, 11) is 0. The molecule has 3 aliphatic rings. The first-order chi connectivity index (χ1) is 27.7. The molecule has 4 amide bonds. The minimum Gasteiger partial charge on any atom is -0.760 e. The summed E-state index contributed by atoms with van der Waals surface area (Å²) in [5.41, 5.74) is 4.24. The van der Waals surface area contributed by atoms with Gasteiger partial charge in [-0.3, -0.25) is 33.6 Å². The third kappa shape index (κ3) is 8.06. The van der Waals surface area contributed by atoms with E-state index in [1.807, 2.05) is 30.3 Å². The van der Waals surface area contributed by atoms with Gasteiger partial charge in [-0.2, -0.15) is 15.3 Å². The zero-order valence-electron chi connectivity index (χ0n) is 30.9. The predicted octanol–water partition coefficient (Wildman–Crippen LogP) is 2.67. The van der Waals surface area contributed by atoms with Crippen LogP contribution in [0.5, 0.6) is 0 Å². The van der Waals surface area contributed by atoms with Crippen molar-refractivity contribution in [2.24, 2.45) is 0 Å². The quantitative estimate of drug-likeness (QED) is 0.0999. The Morgan fingerprint density at radius 3 is 2.46 bits per heavy atom. The highest BCUT2D eigenvalue weighted by molar-refractivity contribution is 7.76. The van der Waals surface area contributed by atoms with E-state index in [0.717, 1.165) is 55.9 Å². The van der Waals surface area contributed by atoms with E-state index in [1.54, 1.807) is 52.4 Å². The summed E-state index contributed by atoms with van der Waals surface area (Å²) in [6, 6.07) is 18.6. The molecule has 0 bridgehead atoms. The third-order valence-electron chi connectivity index (χ3n) is 10.6. The minimum atomic E-state index is -2.37. The molecule has 8 rings (SSSR count). The van der Waals surface area contributed by atoms with Gasteiger partial charge in [-0.15, -0.1) is 0 Å². The Labute approximate surface area is 330 Å². The summed E-state index contributed by atoms with van der Waals surface area (Å²) < 4.78 is 25.8. The van der Waals surface area contributed by atoms with Gasteiger partial charge in [-0.25, -0.2) is 14.1 Å². The van der Waals surface area contributed by atoms with Gasteiger partial charge in [0.25, 0.3) is 5.91 Å². The predicted molar refractivity (Wildman–Crippen MR) is 211 cm³/mol. The number of aromatic nitrogens is 5. The smallest absolute Gasteiger partial charge is 0.328 e. The van der Waals surface area contributed by atoms with Gasteiger partial charge in [0.15, 0.2) is 0 Å². The molecule has 294 valence electrons. The molecule has 0 aliphatic carbocycles. The summed E-state index contributed by atoms with van der Waals surface area (Å²) in [5, 5.41) is 23.3. The Hall–Kier alpha value is -6.20. The molecule has 6 heterocycles. The molecule has 3 fully saturated rings. The monoisotopic (exact) mass is 790 g/mol. The highest BCUT2D eigenvalue weighted by Gasteiger charge is 2.46. The van der Waals surface area contributed by atoms with Crippen LogP contribution in [0, 0.1) is 11.3 Å². The first-order valence-corrected chi connectivity index (χ1v) is 19.7. The van der Waals surface area contributed by atoms with Crippen molar-refractivity contribution in [3.63, 3.8) is 0 Å². The molecule has 0 spiro atoms. The van der Waals surface area contributed by atoms with Crippen molar-refractivity contribution in [2.75, 3.05) is 74.0 Å². The number of piperazine rings is 1. The zero-order chi connectivity index (χ0) is 39.5. The molecular formula is C38H40N13O5S-. The van der Waals surface area contributed by atoms with Crippen LogP contribution in [0.1, 0.15) is 29.6 Å². The van der Waals surface area contributed by atoms with Crippen LogP contribution in [0.2, 0.25) is 0 Å². The number of imide groups is 1. The fourth-order valence-corrected chi connectivity index (χ4v) is 8.14. The molecule has 5 aromatic rings. The maximum atomic E-state index is 13.0. The van der Waals surface area contributed by atoms with E-state index >= 15 is 0 Å². The average molecular weight is 791 g/mol. The van der Waals surface area contributed by atoms with Crippen LogP contribution in [0.15, 0.2) is 73.2 Å². The molecule has 3 saturated heterocycles. The number of hydrogen-bond donors (Lipinski definition) is 4. The number of carbonyl (C=O) groups excluding carboxylic acids is 3. The standard InChI is InChI=1S/C38H41N13O5S/c39-13-12-38(24-49(25-38)57(55)56)51-23-27(22-42-51)33-31-10-15-40-34(31)46-36(45-33)43-28-4-2-26(3-5-28)35(53)41-14-1-16-47-18-20-48(21-19-47)29-6-8-30(9-7-29)50-17-11-32(52)44-37(50)54/h2-10,15,22-23H,1,11-12,14,16-21,24-25H2,(H,41,53)(H,55,56)(H,44,52,54)(H2,40,43,45,46)/p-1. The van der Waals surface area contributed by atoms with Crippen molar-refractivity contribution in [3.05, 3.63) is 78.8 Å². The van der Waals surface area contributed by atoms with Gasteiger partial charge in [0.1, 0.15) is 11.2 Å². The van der Waals surface area contributed by atoms with Gasteiger partial charge in [-0.05, 0) is 67.6 Å². The van der Waals surface area contributed by atoms with Crippen LogP contribution in [0.25, 0.3) is 22.3 Å². The summed E-state index contributed by atoms with van der Waals surface area (Å²) >= 11 is -2.37. The number of fused-ring (bicyclic) bond motifs is 1. The maximum Gasteiger partial charge on any atom is 0.328 e. The summed E-state index contributed by atoms with van der Waals surface area (Å²) in [5.74, 6) is -0.0743. The Morgan fingerprint density at radius 1 is 0.982 bits per heavy atom. The fraction of sp³-hybridized carbons (Fsp3) is 0.342. The molecule has 1 unspecified atom stereocenters. The number of benzene rings is 2. The van der Waals surface area contributed by atoms with Crippen LogP contribution >= 0.6 is 0 Å². The molecule has 19 heteroatoms. The SMILES string of the molecule is N#CCC1(n2cc(-c3nc(Nc4ccc(C(=O)NCCCN5CCN(c6ccc(N7CCC(=O)NC7=O)cc6)CC5)cc4)nc4[nH]ccc34)cn2)CN(S(=O)[O-])C1. The van der Waals surface area contributed by atoms with Crippen molar-refractivity contribution in [3.8, 4) is 17.3 Å². The Bertz CT molecular complexity index is 2340. The normalized spacial score (nSPS) is 17.8. The topological polar surface area (TPSA) is 224 Å². The Kier molecular flexibility index (Phi) is 10.7. The molecule has 0 saturated carbocycles. The van der Waals surface area contributed by atoms with Crippen LogP contribution in [0.4, 0.5) is 27.8 Å². The zero-order valence-corrected chi connectivity index (χ0v) is 31.7. The Balaban J connectivity index is 0.806. The number of amides is 4. The fourth-order valence-electron chi connectivity index (χ4n) is 7.45. The Morgan fingerprint density at radius 2 is 1.74 bits per heavy atom. The van der Waals surface area contributed by atoms with Crippen molar-refractivity contribution in [1.29, 1.82) is 5.26 Å². The van der Waals surface area contributed by atoms with Crippen LogP contribution in [-0.4, -0.2) is 119 Å². The lowest BCUT2D eigenvalue weighted by Crippen LogP contribution is -2.62. The van der Waals surface area contributed by atoms with Gasteiger partial charge < -0.3 is 25.1 Å². The number of hydrogen-bond acceptors (Lipinski definition) is 12. The first-order valence-electron chi connectivity index (χ1n) is 18.6. The van der Waals surface area contributed by atoms with Crippen molar-refractivity contribution >= 4 is 63.2 Å². The van der Waals surface area contributed by atoms with E-state index in [2.05, 4.69) is 46.9 Å². The second kappa shape index (κ2) is 16.1. The van der Waals surface area contributed by atoms with E-state index in [1.165, 1.54) is 4.31 Å². The molecule has 4 N–H and O–H groups in total. The van der Waals surface area contributed by atoms with Gasteiger partial charge in [0.05, 0.1) is 24.4 Å². The van der Waals surface area contributed by atoms with Crippen molar-refractivity contribution in [1.82, 2.24) is 44.6 Å². The number of nitrogens with zero attached hydrogens (tertiary/aromatic N) is 9. The number of rotatable bonds is 13. The minimum absolute atomic E-state index is 0.110. The van der Waals surface area contributed by atoms with E-state index in [4.69, 9.17) is 4.98 Å². The van der Waals surface area contributed by atoms with E-state index in [9.17, 15) is 28.4 Å². The van der Waals surface area contributed by atoms with Crippen LogP contribution in [-0.2, 0) is 21.6 Å². The molecule has 0 radical (unpaired) electrons. The highest BCUT2D eigenvalue weighted by atomic mass is 32.2. The molecule has 57 heavy (non-hydrogen) atoms. The number of nitrogens with one attached hydrogen (secondary N) is 4. The number of carbonyl (C=O) groups is 3. The average Bonchev–Trinajstić information content (AvgIpc) is 3.89. The van der Waals surface area contributed by atoms with E-state index < -0.39 is 16.8 Å². The second-order valence-electron chi connectivity index (χ2n) is 14.3.